The first-order valence-corrected chi connectivity index (χ1v) is 12.5. The number of piperidine rings is 1. The minimum absolute atomic E-state index is 0.000856. The average Bonchev–Trinajstić information content (AvgIpc) is 3.06. The number of hydrogen-bond donors (Lipinski definition) is 1. The number of alkyl halides is 3. The van der Waals surface area contributed by atoms with Gasteiger partial charge in [0, 0.05) is 25.0 Å². The summed E-state index contributed by atoms with van der Waals surface area (Å²) in [6, 6.07) is -0.176. The van der Waals surface area contributed by atoms with E-state index in [1.54, 1.807) is 0 Å². The van der Waals surface area contributed by atoms with Crippen molar-refractivity contribution in [3.05, 3.63) is 22.7 Å². The molecular formula is C18H21F4N5O2S2. The predicted octanol–water partition coefficient (Wildman–Crippen LogP) is 3.86. The Hall–Kier alpha value is -1.86. The van der Waals surface area contributed by atoms with Crippen LogP contribution in [-0.4, -0.2) is 53.1 Å². The third-order valence-electron chi connectivity index (χ3n) is 5.58. The minimum Gasteiger partial charge on any atom is -0.351 e. The van der Waals surface area contributed by atoms with Gasteiger partial charge < -0.3 is 5.32 Å². The largest absolute Gasteiger partial charge is 0.434 e. The van der Waals surface area contributed by atoms with Crippen molar-refractivity contribution in [1.29, 1.82) is 0 Å². The SMILES string of the molecule is CS(=O)(=O)N1CCC(Nc2ncc(F)c(-c3sc(C4CCC4)nc3C(F)(F)F)n2)CC1. The Morgan fingerprint density at radius 2 is 1.84 bits per heavy atom. The molecule has 0 unspecified atom stereocenters. The molecule has 3 heterocycles. The number of rotatable bonds is 5. The van der Waals surface area contributed by atoms with Crippen LogP contribution in [-0.2, 0) is 16.2 Å². The topological polar surface area (TPSA) is 88.1 Å². The van der Waals surface area contributed by atoms with Crippen molar-refractivity contribution in [1.82, 2.24) is 19.3 Å². The van der Waals surface area contributed by atoms with Crippen LogP contribution in [0.25, 0.3) is 10.6 Å². The number of aromatic nitrogens is 3. The predicted molar refractivity (Wildman–Crippen MR) is 108 cm³/mol. The average molecular weight is 480 g/mol. The van der Waals surface area contributed by atoms with E-state index in [9.17, 15) is 26.0 Å². The summed E-state index contributed by atoms with van der Waals surface area (Å²) >= 11 is 0.833. The van der Waals surface area contributed by atoms with Crippen molar-refractivity contribution in [2.24, 2.45) is 0 Å². The fraction of sp³-hybridized carbons (Fsp3) is 0.611. The molecule has 2 fully saturated rings. The molecule has 0 amide bonds. The van der Waals surface area contributed by atoms with Crippen LogP contribution in [0.2, 0.25) is 0 Å². The maximum absolute atomic E-state index is 14.5. The highest BCUT2D eigenvalue weighted by molar-refractivity contribution is 7.88. The third-order valence-corrected chi connectivity index (χ3v) is 8.11. The lowest BCUT2D eigenvalue weighted by molar-refractivity contribution is -0.140. The number of nitrogens with zero attached hydrogens (tertiary/aromatic N) is 4. The molecule has 2 aliphatic rings. The lowest BCUT2D eigenvalue weighted by Gasteiger charge is -2.30. The molecule has 0 radical (unpaired) electrons. The number of halogens is 4. The van der Waals surface area contributed by atoms with Gasteiger partial charge in [-0.15, -0.1) is 11.3 Å². The van der Waals surface area contributed by atoms with Crippen LogP contribution in [0.4, 0.5) is 23.5 Å². The van der Waals surface area contributed by atoms with Crippen LogP contribution in [0, 0.1) is 5.82 Å². The van der Waals surface area contributed by atoms with E-state index >= 15 is 0 Å². The number of hydrogen-bond acceptors (Lipinski definition) is 7. The summed E-state index contributed by atoms with van der Waals surface area (Å²) in [5.74, 6) is -0.977. The molecule has 4 rings (SSSR count). The fourth-order valence-corrected chi connectivity index (χ4v) is 5.75. The third kappa shape index (κ3) is 4.82. The van der Waals surface area contributed by atoms with Gasteiger partial charge in [-0.25, -0.2) is 32.1 Å². The van der Waals surface area contributed by atoms with E-state index < -0.39 is 33.4 Å². The molecule has 1 aliphatic carbocycles. The molecule has 7 nitrogen and oxygen atoms in total. The summed E-state index contributed by atoms with van der Waals surface area (Å²) in [6.07, 6.45) is 0.699. The van der Waals surface area contributed by atoms with E-state index in [0.29, 0.717) is 30.9 Å². The molecule has 1 aliphatic heterocycles. The van der Waals surface area contributed by atoms with Crippen molar-refractivity contribution >= 4 is 27.3 Å². The molecule has 1 N–H and O–H groups in total. The van der Waals surface area contributed by atoms with Crippen LogP contribution in [0.1, 0.15) is 48.7 Å². The molecule has 13 heteroatoms. The van der Waals surface area contributed by atoms with Gasteiger partial charge in [0.2, 0.25) is 16.0 Å². The van der Waals surface area contributed by atoms with Crippen molar-refractivity contribution < 1.29 is 26.0 Å². The summed E-state index contributed by atoms with van der Waals surface area (Å²) in [5, 5.41) is 3.35. The Balaban J connectivity index is 1.58. The molecule has 2 aromatic heterocycles. The van der Waals surface area contributed by atoms with Gasteiger partial charge in [-0.1, -0.05) is 6.42 Å². The van der Waals surface area contributed by atoms with Crippen molar-refractivity contribution in [3.63, 3.8) is 0 Å². The van der Waals surface area contributed by atoms with Gasteiger partial charge in [-0.2, -0.15) is 13.2 Å². The number of anilines is 1. The Kier molecular flexibility index (Phi) is 5.94. The first-order valence-electron chi connectivity index (χ1n) is 9.85. The number of thiazole rings is 1. The number of sulfonamides is 1. The second-order valence-corrected chi connectivity index (χ2v) is 10.8. The van der Waals surface area contributed by atoms with Crippen molar-refractivity contribution in [2.75, 3.05) is 24.7 Å². The lowest BCUT2D eigenvalue weighted by atomic mass is 9.86. The second kappa shape index (κ2) is 8.24. The van der Waals surface area contributed by atoms with E-state index in [1.807, 2.05) is 0 Å². The molecule has 1 saturated heterocycles. The highest BCUT2D eigenvalue weighted by Crippen LogP contribution is 2.46. The Bertz CT molecular complexity index is 1060. The molecule has 0 bridgehead atoms. The van der Waals surface area contributed by atoms with E-state index in [4.69, 9.17) is 0 Å². The molecule has 31 heavy (non-hydrogen) atoms. The summed E-state index contributed by atoms with van der Waals surface area (Å²) in [6.45, 7) is 0.616. The van der Waals surface area contributed by atoms with Crippen LogP contribution in [0.5, 0.6) is 0 Å². The molecule has 0 atom stereocenters. The van der Waals surface area contributed by atoms with Crippen molar-refractivity contribution in [2.45, 2.75) is 50.2 Å². The summed E-state index contributed by atoms with van der Waals surface area (Å²) in [4.78, 5) is 11.3. The first-order chi connectivity index (χ1) is 14.5. The standard InChI is InChI=1S/C18H21F4N5O2S2/c1-31(28,29)27-7-5-11(6-8-27)24-17-23-9-12(19)13(25-17)14-15(18(20,21)22)26-16(30-14)10-3-2-4-10/h9-11H,2-8H2,1H3,(H,23,24,25). The highest BCUT2D eigenvalue weighted by atomic mass is 32.2. The Morgan fingerprint density at radius 1 is 1.16 bits per heavy atom. The first kappa shape index (κ1) is 22.3. The van der Waals surface area contributed by atoms with Gasteiger partial charge in [-0.05, 0) is 25.7 Å². The van der Waals surface area contributed by atoms with E-state index in [-0.39, 0.29) is 22.8 Å². The molecule has 170 valence electrons. The molecule has 1 saturated carbocycles. The Morgan fingerprint density at radius 3 is 2.39 bits per heavy atom. The van der Waals surface area contributed by atoms with Crippen LogP contribution in [0.3, 0.4) is 0 Å². The maximum atomic E-state index is 14.5. The minimum atomic E-state index is -4.72. The van der Waals surface area contributed by atoms with Crippen molar-refractivity contribution in [3.8, 4) is 10.6 Å². The highest BCUT2D eigenvalue weighted by Gasteiger charge is 2.40. The van der Waals surface area contributed by atoms with Crippen LogP contribution in [0.15, 0.2) is 6.20 Å². The van der Waals surface area contributed by atoms with Gasteiger partial charge in [0.05, 0.1) is 22.3 Å². The van der Waals surface area contributed by atoms with Crippen LogP contribution >= 0.6 is 11.3 Å². The molecule has 0 spiro atoms. The zero-order chi connectivity index (χ0) is 22.4. The summed E-state index contributed by atoms with van der Waals surface area (Å²) in [5.41, 5.74) is -1.55. The molecule has 0 aromatic carbocycles. The number of nitrogens with one attached hydrogen (secondary N) is 1. The second-order valence-electron chi connectivity index (χ2n) is 7.83. The summed E-state index contributed by atoms with van der Waals surface area (Å²) < 4.78 is 79.8. The van der Waals surface area contributed by atoms with Crippen LogP contribution < -0.4 is 5.32 Å². The fourth-order valence-electron chi connectivity index (χ4n) is 3.63. The smallest absolute Gasteiger partial charge is 0.351 e. The van der Waals surface area contributed by atoms with E-state index in [2.05, 4.69) is 20.3 Å². The van der Waals surface area contributed by atoms with E-state index in [0.717, 1.165) is 43.1 Å². The monoisotopic (exact) mass is 479 g/mol. The zero-order valence-electron chi connectivity index (χ0n) is 16.6. The Labute approximate surface area is 181 Å². The van der Waals surface area contributed by atoms with Gasteiger partial charge >= 0.3 is 6.18 Å². The van der Waals surface area contributed by atoms with Gasteiger partial charge in [0.15, 0.2) is 11.5 Å². The summed E-state index contributed by atoms with van der Waals surface area (Å²) in [7, 11) is -3.28. The molecule has 2 aromatic rings. The molecular weight excluding hydrogens is 458 g/mol. The van der Waals surface area contributed by atoms with E-state index in [1.165, 1.54) is 4.31 Å². The van der Waals surface area contributed by atoms with Gasteiger partial charge in [0.25, 0.3) is 0 Å². The lowest BCUT2D eigenvalue weighted by Crippen LogP contribution is -2.42. The van der Waals surface area contributed by atoms with Gasteiger partial charge in [0.1, 0.15) is 5.69 Å². The normalized spacial score (nSPS) is 19.4. The zero-order valence-corrected chi connectivity index (χ0v) is 18.2. The quantitative estimate of drug-likeness (QED) is 0.656. The maximum Gasteiger partial charge on any atom is 0.434 e. The van der Waals surface area contributed by atoms with Gasteiger partial charge in [-0.3, -0.25) is 0 Å².